The second kappa shape index (κ2) is 5.78. The van der Waals surface area contributed by atoms with Gasteiger partial charge in [0.2, 0.25) is 34.8 Å². The van der Waals surface area contributed by atoms with Crippen molar-refractivity contribution in [1.29, 1.82) is 0 Å². The highest BCUT2D eigenvalue weighted by atomic mass is 32.2. The van der Waals surface area contributed by atoms with Gasteiger partial charge in [0.05, 0.1) is 0 Å². The van der Waals surface area contributed by atoms with Gasteiger partial charge < -0.3 is 4.74 Å². The van der Waals surface area contributed by atoms with Crippen LogP contribution in [-0.4, -0.2) is 25.1 Å². The number of hydrogen-bond acceptors (Lipinski definition) is 4. The lowest BCUT2D eigenvalue weighted by Gasteiger charge is -2.17. The van der Waals surface area contributed by atoms with Gasteiger partial charge in [-0.3, -0.25) is 0 Å². The van der Waals surface area contributed by atoms with Gasteiger partial charge in [-0.05, 0) is 0 Å². The van der Waals surface area contributed by atoms with Gasteiger partial charge in [-0.2, -0.15) is 30.7 Å². The maximum atomic E-state index is 13.1. The van der Waals surface area contributed by atoms with Crippen LogP contribution in [0.15, 0.2) is 0 Å². The van der Waals surface area contributed by atoms with Crippen LogP contribution in [0.3, 0.4) is 0 Å². The summed E-state index contributed by atoms with van der Waals surface area (Å²) in [5.74, 6) is -20.8. The molecule has 0 bridgehead atoms. The lowest BCUT2D eigenvalue weighted by atomic mass is 10.2. The molecule has 1 aromatic rings. The van der Waals surface area contributed by atoms with Crippen molar-refractivity contribution < 1.29 is 61.9 Å². The van der Waals surface area contributed by atoms with Crippen LogP contribution in [0, 0.1) is 29.1 Å². The highest BCUT2D eigenvalue weighted by Gasteiger charge is 2.67. The van der Waals surface area contributed by atoms with E-state index in [0.717, 1.165) is 0 Å². The monoisotopic (exact) mass is 394 g/mol. The van der Waals surface area contributed by atoms with Crippen LogP contribution in [0.2, 0.25) is 0 Å². The number of ether oxygens (including phenoxy) is 1. The van der Waals surface area contributed by atoms with Gasteiger partial charge in [-0.25, -0.2) is 26.4 Å². The van der Waals surface area contributed by atoms with Gasteiger partial charge in [-0.15, -0.1) is 0 Å². The van der Waals surface area contributed by atoms with Crippen molar-refractivity contribution in [3.8, 4) is 5.75 Å². The average Bonchev–Trinajstić information content (AvgIpc) is 2.45. The second-order valence-electron chi connectivity index (χ2n) is 3.75. The SMILES string of the molecule is O=C(Oc1c(F)c(F)c(F)c(F)c1F)C(F)(F)S(=O)(=O)C(F)(F)F. The van der Waals surface area contributed by atoms with E-state index in [2.05, 4.69) is 4.74 Å². The smallest absolute Gasteiger partial charge is 0.415 e. The predicted molar refractivity (Wildman–Crippen MR) is 51.8 cm³/mol. The summed E-state index contributed by atoms with van der Waals surface area (Å²) in [7, 11) is -7.56. The van der Waals surface area contributed by atoms with E-state index in [1.165, 1.54) is 0 Å². The number of hydrogen-bond donors (Lipinski definition) is 0. The number of carbonyl (C=O) groups excluding carboxylic acids is 1. The summed E-state index contributed by atoms with van der Waals surface area (Å²) in [4.78, 5) is 10.8. The second-order valence-corrected chi connectivity index (χ2v) is 5.74. The van der Waals surface area contributed by atoms with Crippen LogP contribution >= 0.6 is 0 Å². The molecule has 15 heteroatoms. The average molecular weight is 394 g/mol. The zero-order valence-corrected chi connectivity index (χ0v) is 11.1. The Morgan fingerprint density at radius 1 is 0.750 bits per heavy atom. The molecule has 136 valence electrons. The molecule has 0 aliphatic rings. The molecule has 1 aromatic carbocycles. The molecule has 0 N–H and O–H groups in total. The quantitative estimate of drug-likeness (QED) is 0.260. The minimum Gasteiger partial charge on any atom is -0.415 e. The van der Waals surface area contributed by atoms with Crippen molar-refractivity contribution in [2.24, 2.45) is 0 Å². The van der Waals surface area contributed by atoms with E-state index in [0.29, 0.717) is 0 Å². The zero-order chi connectivity index (χ0) is 19.2. The van der Waals surface area contributed by atoms with Gasteiger partial charge >= 0.3 is 26.6 Å². The van der Waals surface area contributed by atoms with E-state index >= 15 is 0 Å². The van der Waals surface area contributed by atoms with E-state index in [9.17, 15) is 57.1 Å². The number of esters is 1. The van der Waals surface area contributed by atoms with E-state index < -0.39 is 61.4 Å². The molecule has 0 heterocycles. The first kappa shape index (κ1) is 20.0. The summed E-state index contributed by atoms with van der Waals surface area (Å²) >= 11 is 0. The molecule has 4 nitrogen and oxygen atoms in total. The summed E-state index contributed by atoms with van der Waals surface area (Å²) < 4.78 is 150. The summed E-state index contributed by atoms with van der Waals surface area (Å²) in [6.07, 6.45) is 0. The molecule has 0 spiro atoms. The number of sulfone groups is 1. The van der Waals surface area contributed by atoms with Gasteiger partial charge in [-0.1, -0.05) is 0 Å². The molecule has 0 saturated carbocycles. The molecule has 0 atom stereocenters. The third-order valence-electron chi connectivity index (χ3n) is 2.24. The van der Waals surface area contributed by atoms with Crippen LogP contribution < -0.4 is 4.74 Å². The normalized spacial score (nSPS) is 13.1. The van der Waals surface area contributed by atoms with Gasteiger partial charge in [0.25, 0.3) is 0 Å². The van der Waals surface area contributed by atoms with Crippen molar-refractivity contribution in [3.05, 3.63) is 29.1 Å². The molecular weight excluding hydrogens is 394 g/mol. The molecule has 0 aliphatic carbocycles. The van der Waals surface area contributed by atoms with E-state index in [4.69, 9.17) is 0 Å². The van der Waals surface area contributed by atoms with Crippen molar-refractivity contribution in [2.75, 3.05) is 0 Å². The minimum absolute atomic E-state index is 2.70. The lowest BCUT2D eigenvalue weighted by molar-refractivity contribution is -0.153. The summed E-state index contributed by atoms with van der Waals surface area (Å²) in [6, 6.07) is 0. The van der Waals surface area contributed by atoms with Crippen molar-refractivity contribution in [2.45, 2.75) is 10.8 Å². The van der Waals surface area contributed by atoms with Gasteiger partial charge in [0, 0.05) is 0 Å². The molecule has 24 heavy (non-hydrogen) atoms. The van der Waals surface area contributed by atoms with Gasteiger partial charge in [0.1, 0.15) is 0 Å². The Kier molecular flexibility index (Phi) is 4.82. The number of halogens is 10. The molecule has 0 unspecified atom stereocenters. The first-order valence-electron chi connectivity index (χ1n) is 4.99. The van der Waals surface area contributed by atoms with Crippen LogP contribution in [0.1, 0.15) is 0 Å². The third-order valence-corrected chi connectivity index (χ3v) is 3.70. The standard InChI is InChI=1S/C9F10O4S/c10-1-2(11)4(13)6(5(14)3(1)12)23-7(20)8(15,16)24(21,22)9(17,18)19. The lowest BCUT2D eigenvalue weighted by Crippen LogP contribution is -2.47. The zero-order valence-electron chi connectivity index (χ0n) is 10.3. The summed E-state index contributed by atoms with van der Waals surface area (Å²) in [5.41, 5.74) is -6.69. The fraction of sp³-hybridized carbons (Fsp3) is 0.222. The maximum absolute atomic E-state index is 13.1. The van der Waals surface area contributed by atoms with Crippen molar-refractivity contribution in [3.63, 3.8) is 0 Å². The maximum Gasteiger partial charge on any atom is 0.504 e. The minimum atomic E-state index is -7.56. The van der Waals surface area contributed by atoms with E-state index in [1.807, 2.05) is 0 Å². The summed E-state index contributed by atoms with van der Waals surface area (Å²) in [6.45, 7) is 0. The fourth-order valence-electron chi connectivity index (χ4n) is 1.08. The third kappa shape index (κ3) is 2.87. The molecule has 0 saturated heterocycles. The van der Waals surface area contributed by atoms with E-state index in [1.54, 1.807) is 0 Å². The molecule has 0 aliphatic heterocycles. The van der Waals surface area contributed by atoms with Crippen LogP contribution in [0.4, 0.5) is 43.9 Å². The van der Waals surface area contributed by atoms with Crippen LogP contribution in [0.25, 0.3) is 0 Å². The predicted octanol–water partition coefficient (Wildman–Crippen LogP) is 2.81. The number of rotatable bonds is 3. The van der Waals surface area contributed by atoms with Crippen molar-refractivity contribution in [1.82, 2.24) is 0 Å². The molecule has 0 fully saturated rings. The molecule has 1 rings (SSSR count). The first-order valence-corrected chi connectivity index (χ1v) is 6.48. The Hall–Kier alpha value is -2.06. The van der Waals surface area contributed by atoms with Crippen molar-refractivity contribution >= 4 is 15.8 Å². The molecule has 0 aromatic heterocycles. The molecular formula is C9F10O4S. The molecule has 0 radical (unpaired) electrons. The Labute approximate surface area is 124 Å². The summed E-state index contributed by atoms with van der Waals surface area (Å²) in [5, 5.41) is -6.43. The highest BCUT2D eigenvalue weighted by Crippen LogP contribution is 2.38. The Morgan fingerprint density at radius 3 is 1.42 bits per heavy atom. The number of alkyl halides is 5. The number of carbonyl (C=O) groups is 1. The Balaban J connectivity index is 3.42. The van der Waals surface area contributed by atoms with Crippen LogP contribution in [0.5, 0.6) is 5.75 Å². The van der Waals surface area contributed by atoms with Gasteiger partial charge in [0.15, 0.2) is 0 Å². The fourth-order valence-corrected chi connectivity index (χ4v) is 1.63. The van der Waals surface area contributed by atoms with Crippen LogP contribution in [-0.2, 0) is 14.6 Å². The Morgan fingerprint density at radius 2 is 1.08 bits per heavy atom. The highest BCUT2D eigenvalue weighted by molar-refractivity contribution is 7.94. The number of benzene rings is 1. The first-order chi connectivity index (χ1) is 10.6. The van der Waals surface area contributed by atoms with E-state index in [-0.39, 0.29) is 0 Å². The largest absolute Gasteiger partial charge is 0.504 e. The Bertz CT molecular complexity index is 769. The molecule has 0 amide bonds. The topological polar surface area (TPSA) is 60.4 Å².